The van der Waals surface area contributed by atoms with Crippen LogP contribution >= 0.6 is 15.9 Å². The third kappa shape index (κ3) is 3.15. The smallest absolute Gasteiger partial charge is 0.0900 e. The van der Waals surface area contributed by atoms with Crippen LogP contribution in [0.5, 0.6) is 0 Å². The van der Waals surface area contributed by atoms with E-state index in [0.717, 1.165) is 21.8 Å². The first-order valence-electron chi connectivity index (χ1n) is 6.91. The van der Waals surface area contributed by atoms with Gasteiger partial charge in [-0.05, 0) is 41.6 Å². The van der Waals surface area contributed by atoms with Crippen molar-refractivity contribution in [3.8, 4) is 0 Å². The normalized spacial score (nSPS) is 24.4. The predicted octanol–water partition coefficient (Wildman–Crippen LogP) is 3.98. The first-order chi connectivity index (χ1) is 8.61. The van der Waals surface area contributed by atoms with Crippen LogP contribution in [0.15, 0.2) is 4.47 Å². The molecule has 3 nitrogen and oxygen atoms in total. The van der Waals surface area contributed by atoms with Gasteiger partial charge in [-0.3, -0.25) is 4.68 Å². The zero-order chi connectivity index (χ0) is 13.1. The minimum atomic E-state index is 0.436. The van der Waals surface area contributed by atoms with Gasteiger partial charge in [-0.15, -0.1) is 0 Å². The molecule has 4 heteroatoms. The van der Waals surface area contributed by atoms with E-state index in [0.29, 0.717) is 12.7 Å². The lowest BCUT2D eigenvalue weighted by atomic mass is 9.85. The SMILES string of the molecule is CCC1CCCC(OCc2c(Br)c(C)nn2C)C1. The molecule has 102 valence electrons. The van der Waals surface area contributed by atoms with Crippen molar-refractivity contribution in [3.63, 3.8) is 0 Å². The molecule has 0 radical (unpaired) electrons. The Bertz CT molecular complexity index is 403. The fraction of sp³-hybridized carbons (Fsp3) is 0.786. The molecule has 1 aromatic heterocycles. The second-order valence-corrected chi connectivity index (χ2v) is 6.14. The van der Waals surface area contributed by atoms with E-state index >= 15 is 0 Å². The maximum absolute atomic E-state index is 6.09. The number of rotatable bonds is 4. The fourth-order valence-electron chi connectivity index (χ4n) is 2.80. The number of aryl methyl sites for hydroxylation is 2. The maximum Gasteiger partial charge on any atom is 0.0900 e. The Morgan fingerprint density at radius 2 is 2.22 bits per heavy atom. The molecule has 1 saturated carbocycles. The molecule has 0 aliphatic heterocycles. The molecule has 0 N–H and O–H groups in total. The summed E-state index contributed by atoms with van der Waals surface area (Å²) in [7, 11) is 1.98. The van der Waals surface area contributed by atoms with Gasteiger partial charge in [0.15, 0.2) is 0 Å². The van der Waals surface area contributed by atoms with E-state index in [1.807, 2.05) is 18.7 Å². The van der Waals surface area contributed by atoms with Crippen LogP contribution in [0, 0.1) is 12.8 Å². The third-order valence-corrected chi connectivity index (χ3v) is 5.06. The van der Waals surface area contributed by atoms with Crippen LogP contribution in [0.25, 0.3) is 0 Å². The van der Waals surface area contributed by atoms with Crippen LogP contribution in [0.4, 0.5) is 0 Å². The summed E-state index contributed by atoms with van der Waals surface area (Å²) in [6.07, 6.45) is 6.86. The largest absolute Gasteiger partial charge is 0.372 e. The molecule has 1 fully saturated rings. The number of hydrogen-bond donors (Lipinski definition) is 0. The van der Waals surface area contributed by atoms with Gasteiger partial charge >= 0.3 is 0 Å². The molecular formula is C14H23BrN2O. The molecule has 1 aliphatic carbocycles. The summed E-state index contributed by atoms with van der Waals surface area (Å²) in [6.45, 7) is 4.97. The molecule has 1 aromatic rings. The van der Waals surface area contributed by atoms with Crippen molar-refractivity contribution in [2.75, 3.05) is 0 Å². The third-order valence-electron chi connectivity index (χ3n) is 4.03. The van der Waals surface area contributed by atoms with Crippen LogP contribution < -0.4 is 0 Å². The van der Waals surface area contributed by atoms with Crippen LogP contribution in [-0.2, 0) is 18.4 Å². The lowest BCUT2D eigenvalue weighted by Gasteiger charge is -2.28. The average Bonchev–Trinajstić information content (AvgIpc) is 2.61. The summed E-state index contributed by atoms with van der Waals surface area (Å²) in [5.41, 5.74) is 2.18. The highest BCUT2D eigenvalue weighted by Gasteiger charge is 2.22. The first kappa shape index (κ1) is 14.1. The van der Waals surface area contributed by atoms with E-state index < -0.39 is 0 Å². The van der Waals surface area contributed by atoms with Gasteiger partial charge in [0.25, 0.3) is 0 Å². The zero-order valence-electron chi connectivity index (χ0n) is 11.6. The standard InChI is InChI=1S/C14H23BrN2O/c1-4-11-6-5-7-12(8-11)18-9-13-14(15)10(2)16-17(13)3/h11-12H,4-9H2,1-3H3. The lowest BCUT2D eigenvalue weighted by molar-refractivity contribution is -0.00109. The number of aromatic nitrogens is 2. The number of ether oxygens (including phenoxy) is 1. The Kier molecular flexibility index (Phi) is 4.84. The highest BCUT2D eigenvalue weighted by molar-refractivity contribution is 9.10. The molecule has 0 bridgehead atoms. The van der Waals surface area contributed by atoms with Crippen molar-refractivity contribution >= 4 is 15.9 Å². The number of halogens is 1. The zero-order valence-corrected chi connectivity index (χ0v) is 13.2. The molecule has 0 saturated heterocycles. The van der Waals surface area contributed by atoms with Crippen molar-refractivity contribution in [1.82, 2.24) is 9.78 Å². The van der Waals surface area contributed by atoms with Gasteiger partial charge in [0.05, 0.1) is 28.6 Å². The summed E-state index contributed by atoms with van der Waals surface area (Å²) in [5, 5.41) is 4.40. The Hall–Kier alpha value is -0.350. The van der Waals surface area contributed by atoms with Crippen LogP contribution in [0.2, 0.25) is 0 Å². The van der Waals surface area contributed by atoms with E-state index in [1.165, 1.54) is 32.1 Å². The van der Waals surface area contributed by atoms with E-state index in [1.54, 1.807) is 0 Å². The second-order valence-electron chi connectivity index (χ2n) is 5.34. The van der Waals surface area contributed by atoms with Gasteiger partial charge in [-0.25, -0.2) is 0 Å². The molecule has 0 spiro atoms. The van der Waals surface area contributed by atoms with E-state index in [9.17, 15) is 0 Å². The van der Waals surface area contributed by atoms with Crippen molar-refractivity contribution in [1.29, 1.82) is 0 Å². The van der Waals surface area contributed by atoms with Crippen molar-refractivity contribution < 1.29 is 4.74 Å². The average molecular weight is 315 g/mol. The fourth-order valence-corrected chi connectivity index (χ4v) is 3.25. The molecule has 1 aliphatic rings. The van der Waals surface area contributed by atoms with Gasteiger partial charge in [0.1, 0.15) is 0 Å². The molecule has 0 aromatic carbocycles. The molecule has 0 amide bonds. The molecule has 2 atom stereocenters. The van der Waals surface area contributed by atoms with Gasteiger partial charge in [-0.1, -0.05) is 26.2 Å². The van der Waals surface area contributed by atoms with Crippen molar-refractivity contribution in [2.24, 2.45) is 13.0 Å². The lowest BCUT2D eigenvalue weighted by Crippen LogP contribution is -2.23. The van der Waals surface area contributed by atoms with Crippen LogP contribution in [0.3, 0.4) is 0 Å². The summed E-state index contributed by atoms with van der Waals surface area (Å²) in [6, 6.07) is 0. The van der Waals surface area contributed by atoms with Gasteiger partial charge in [0.2, 0.25) is 0 Å². The summed E-state index contributed by atoms with van der Waals surface area (Å²) in [5.74, 6) is 0.862. The Morgan fingerprint density at radius 1 is 1.44 bits per heavy atom. The minimum absolute atomic E-state index is 0.436. The van der Waals surface area contributed by atoms with Crippen molar-refractivity contribution in [2.45, 2.75) is 58.7 Å². The van der Waals surface area contributed by atoms with Gasteiger partial charge < -0.3 is 4.74 Å². The summed E-state index contributed by atoms with van der Waals surface area (Å²) in [4.78, 5) is 0. The quantitative estimate of drug-likeness (QED) is 0.840. The molecule has 2 rings (SSSR count). The monoisotopic (exact) mass is 314 g/mol. The van der Waals surface area contributed by atoms with Gasteiger partial charge in [0, 0.05) is 7.05 Å². The highest BCUT2D eigenvalue weighted by Crippen LogP contribution is 2.29. The Labute approximate surface area is 118 Å². The highest BCUT2D eigenvalue weighted by atomic mass is 79.9. The molecule has 2 unspecified atom stereocenters. The topological polar surface area (TPSA) is 27.1 Å². The predicted molar refractivity (Wildman–Crippen MR) is 76.5 cm³/mol. The maximum atomic E-state index is 6.09. The number of hydrogen-bond acceptors (Lipinski definition) is 2. The van der Waals surface area contributed by atoms with E-state index in [4.69, 9.17) is 4.74 Å². The summed E-state index contributed by atoms with van der Waals surface area (Å²) < 4.78 is 9.09. The summed E-state index contributed by atoms with van der Waals surface area (Å²) >= 11 is 3.59. The molecular weight excluding hydrogens is 292 g/mol. The van der Waals surface area contributed by atoms with E-state index in [2.05, 4.69) is 28.0 Å². The van der Waals surface area contributed by atoms with Crippen LogP contribution in [0.1, 0.15) is 50.4 Å². The van der Waals surface area contributed by atoms with Crippen molar-refractivity contribution in [3.05, 3.63) is 15.9 Å². The van der Waals surface area contributed by atoms with Crippen LogP contribution in [-0.4, -0.2) is 15.9 Å². The Morgan fingerprint density at radius 3 is 2.83 bits per heavy atom. The minimum Gasteiger partial charge on any atom is -0.372 e. The molecule has 1 heterocycles. The molecule has 18 heavy (non-hydrogen) atoms. The van der Waals surface area contributed by atoms with E-state index in [-0.39, 0.29) is 0 Å². The Balaban J connectivity index is 1.91. The first-order valence-corrected chi connectivity index (χ1v) is 7.70. The number of nitrogens with zero attached hydrogens (tertiary/aromatic N) is 2. The second kappa shape index (κ2) is 6.20. The van der Waals surface area contributed by atoms with Gasteiger partial charge in [-0.2, -0.15) is 5.10 Å².